The average molecular weight is 256 g/mol. The van der Waals surface area contributed by atoms with Crippen LogP contribution in [0.4, 0.5) is 24.9 Å². The van der Waals surface area contributed by atoms with E-state index in [1.165, 1.54) is 13.2 Å². The predicted octanol–water partition coefficient (Wildman–Crippen LogP) is 1.41. The normalized spacial score (nSPS) is 11.4. The summed E-state index contributed by atoms with van der Waals surface area (Å²) in [6.07, 6.45) is -3.16. The summed E-state index contributed by atoms with van der Waals surface area (Å²) < 4.78 is 36.4. The van der Waals surface area contributed by atoms with Gasteiger partial charge < -0.3 is 4.90 Å². The van der Waals surface area contributed by atoms with Crippen molar-refractivity contribution in [1.82, 2.24) is 9.97 Å². The van der Waals surface area contributed by atoms with Crippen LogP contribution >= 0.6 is 11.6 Å². The number of anilines is 2. The van der Waals surface area contributed by atoms with Gasteiger partial charge in [-0.2, -0.15) is 18.2 Å². The molecule has 0 aromatic carbocycles. The predicted molar refractivity (Wildman–Crippen MR) is 54.2 cm³/mol. The summed E-state index contributed by atoms with van der Waals surface area (Å²) in [6.45, 7) is -1.16. The Morgan fingerprint density at radius 2 is 2.19 bits per heavy atom. The molecule has 3 N–H and O–H groups in total. The van der Waals surface area contributed by atoms with Crippen LogP contribution in [-0.4, -0.2) is 29.7 Å². The van der Waals surface area contributed by atoms with Crippen LogP contribution < -0.4 is 16.2 Å². The number of nitrogens with zero attached hydrogens (tertiary/aromatic N) is 3. The largest absolute Gasteiger partial charge is 0.405 e. The Bertz CT molecular complexity index is 370. The molecule has 0 saturated carbocycles. The first-order valence-electron chi connectivity index (χ1n) is 4.10. The molecule has 0 saturated heterocycles. The molecular weight excluding hydrogens is 247 g/mol. The zero-order valence-electron chi connectivity index (χ0n) is 8.22. The van der Waals surface area contributed by atoms with E-state index in [1.54, 1.807) is 0 Å². The van der Waals surface area contributed by atoms with E-state index >= 15 is 0 Å². The Labute approximate surface area is 94.4 Å². The van der Waals surface area contributed by atoms with Crippen LogP contribution in [0.15, 0.2) is 6.20 Å². The molecule has 0 radical (unpaired) electrons. The molecule has 1 aromatic heterocycles. The summed E-state index contributed by atoms with van der Waals surface area (Å²) in [5, 5.41) is 0.0192. The lowest BCUT2D eigenvalue weighted by molar-refractivity contribution is -0.119. The second-order valence-corrected chi connectivity index (χ2v) is 3.39. The van der Waals surface area contributed by atoms with Crippen molar-refractivity contribution in [3.8, 4) is 0 Å². The van der Waals surface area contributed by atoms with Gasteiger partial charge in [-0.15, -0.1) is 0 Å². The number of nitrogens with two attached hydrogens (primary N) is 1. The minimum absolute atomic E-state index is 0.00609. The van der Waals surface area contributed by atoms with E-state index in [4.69, 9.17) is 17.4 Å². The maximum absolute atomic E-state index is 12.1. The van der Waals surface area contributed by atoms with Crippen LogP contribution in [0.1, 0.15) is 0 Å². The van der Waals surface area contributed by atoms with Crippen molar-refractivity contribution in [2.45, 2.75) is 6.18 Å². The van der Waals surface area contributed by atoms with E-state index in [2.05, 4.69) is 15.4 Å². The molecular formula is C7H9ClF3N5. The van der Waals surface area contributed by atoms with Crippen LogP contribution in [-0.2, 0) is 0 Å². The monoisotopic (exact) mass is 255 g/mol. The van der Waals surface area contributed by atoms with Gasteiger partial charge in [-0.3, -0.25) is 5.43 Å². The summed E-state index contributed by atoms with van der Waals surface area (Å²) in [6, 6.07) is 0. The first kappa shape index (κ1) is 12.8. The van der Waals surface area contributed by atoms with Crippen molar-refractivity contribution in [2.75, 3.05) is 23.9 Å². The number of hydrazine groups is 1. The Morgan fingerprint density at radius 3 is 2.69 bits per heavy atom. The average Bonchev–Trinajstić information content (AvgIpc) is 2.15. The van der Waals surface area contributed by atoms with Crippen LogP contribution in [0, 0.1) is 0 Å². The number of aromatic nitrogens is 2. The Balaban J connectivity index is 2.93. The number of halogens is 4. The van der Waals surface area contributed by atoms with E-state index in [1.807, 2.05) is 0 Å². The topological polar surface area (TPSA) is 67.1 Å². The number of hydrogen-bond donors (Lipinski definition) is 2. The van der Waals surface area contributed by atoms with Crippen molar-refractivity contribution in [2.24, 2.45) is 5.84 Å². The third-order valence-electron chi connectivity index (χ3n) is 1.63. The lowest BCUT2D eigenvalue weighted by Gasteiger charge is -2.20. The molecule has 1 heterocycles. The van der Waals surface area contributed by atoms with Gasteiger partial charge in [0.1, 0.15) is 11.6 Å². The van der Waals surface area contributed by atoms with Gasteiger partial charge in [0, 0.05) is 7.05 Å². The van der Waals surface area contributed by atoms with E-state index in [-0.39, 0.29) is 16.8 Å². The first-order chi connectivity index (χ1) is 7.33. The van der Waals surface area contributed by atoms with Crippen molar-refractivity contribution >= 4 is 23.4 Å². The van der Waals surface area contributed by atoms with Crippen molar-refractivity contribution < 1.29 is 13.2 Å². The summed E-state index contributed by atoms with van der Waals surface area (Å²) in [4.78, 5) is 8.24. The van der Waals surface area contributed by atoms with Crippen molar-refractivity contribution in [3.05, 3.63) is 11.2 Å². The summed E-state index contributed by atoms with van der Waals surface area (Å²) in [5.74, 6) is 4.99. The fraction of sp³-hybridized carbons (Fsp3) is 0.429. The Morgan fingerprint density at radius 1 is 1.56 bits per heavy atom. The van der Waals surface area contributed by atoms with Crippen LogP contribution in [0.25, 0.3) is 0 Å². The maximum Gasteiger partial charge on any atom is 0.405 e. The minimum atomic E-state index is -4.33. The van der Waals surface area contributed by atoms with Crippen LogP contribution in [0.3, 0.4) is 0 Å². The van der Waals surface area contributed by atoms with Gasteiger partial charge in [-0.05, 0) is 0 Å². The molecule has 0 spiro atoms. The molecule has 1 rings (SSSR count). The first-order valence-corrected chi connectivity index (χ1v) is 4.48. The molecule has 0 fully saturated rings. The SMILES string of the molecule is CN(CC(F)(F)F)c1nc(NN)ncc1Cl. The van der Waals surface area contributed by atoms with E-state index < -0.39 is 12.7 Å². The molecule has 0 aliphatic heterocycles. The highest BCUT2D eigenvalue weighted by molar-refractivity contribution is 6.32. The molecule has 0 atom stereocenters. The summed E-state index contributed by atoms with van der Waals surface area (Å²) >= 11 is 5.67. The molecule has 0 amide bonds. The lowest BCUT2D eigenvalue weighted by atomic mass is 10.5. The minimum Gasteiger partial charge on any atom is -0.349 e. The second-order valence-electron chi connectivity index (χ2n) is 2.98. The van der Waals surface area contributed by atoms with E-state index in [0.29, 0.717) is 0 Å². The molecule has 16 heavy (non-hydrogen) atoms. The maximum atomic E-state index is 12.1. The van der Waals surface area contributed by atoms with Gasteiger partial charge in [0.25, 0.3) is 0 Å². The quantitative estimate of drug-likeness (QED) is 0.632. The van der Waals surface area contributed by atoms with Crippen LogP contribution in [0.2, 0.25) is 5.02 Å². The Hall–Kier alpha value is -1.28. The molecule has 0 aliphatic rings. The number of alkyl halides is 3. The molecule has 1 aromatic rings. The smallest absolute Gasteiger partial charge is 0.349 e. The second kappa shape index (κ2) is 4.71. The van der Waals surface area contributed by atoms with Gasteiger partial charge in [0.15, 0.2) is 5.82 Å². The van der Waals surface area contributed by atoms with Crippen LogP contribution in [0.5, 0.6) is 0 Å². The van der Waals surface area contributed by atoms with E-state index in [9.17, 15) is 13.2 Å². The number of hydrogen-bond acceptors (Lipinski definition) is 5. The molecule has 0 unspecified atom stereocenters. The summed E-state index contributed by atoms with van der Waals surface area (Å²) in [7, 11) is 1.22. The highest BCUT2D eigenvalue weighted by atomic mass is 35.5. The van der Waals surface area contributed by atoms with Gasteiger partial charge in [0.2, 0.25) is 5.95 Å². The fourth-order valence-corrected chi connectivity index (χ4v) is 1.27. The zero-order valence-corrected chi connectivity index (χ0v) is 8.97. The molecule has 0 aliphatic carbocycles. The highest BCUT2D eigenvalue weighted by Gasteiger charge is 2.30. The number of nitrogens with one attached hydrogen (secondary N) is 1. The number of nitrogen functional groups attached to an aromatic ring is 1. The molecule has 0 bridgehead atoms. The van der Waals surface area contributed by atoms with Gasteiger partial charge in [-0.25, -0.2) is 10.8 Å². The number of rotatable bonds is 3. The Kier molecular flexibility index (Phi) is 3.76. The van der Waals surface area contributed by atoms with E-state index in [0.717, 1.165) is 4.90 Å². The van der Waals surface area contributed by atoms with Crippen molar-refractivity contribution in [1.29, 1.82) is 0 Å². The molecule has 90 valence electrons. The highest BCUT2D eigenvalue weighted by Crippen LogP contribution is 2.25. The van der Waals surface area contributed by atoms with Gasteiger partial charge in [-0.1, -0.05) is 11.6 Å². The third kappa shape index (κ3) is 3.38. The van der Waals surface area contributed by atoms with Gasteiger partial charge in [0.05, 0.1) is 6.20 Å². The summed E-state index contributed by atoms with van der Waals surface area (Å²) in [5.41, 5.74) is 2.12. The third-order valence-corrected chi connectivity index (χ3v) is 1.90. The fourth-order valence-electron chi connectivity index (χ4n) is 1.04. The standard InChI is InChI=1S/C7H9ClF3N5/c1-16(3-7(9,10)11)5-4(8)2-13-6(14-5)15-12/h2H,3,12H2,1H3,(H,13,14,15). The lowest BCUT2D eigenvalue weighted by Crippen LogP contribution is -2.32. The zero-order chi connectivity index (χ0) is 12.3. The van der Waals surface area contributed by atoms with Crippen molar-refractivity contribution in [3.63, 3.8) is 0 Å². The molecule has 9 heteroatoms. The van der Waals surface area contributed by atoms with Gasteiger partial charge >= 0.3 is 6.18 Å². The molecule has 5 nitrogen and oxygen atoms in total.